The molecule has 1 aliphatic rings. The number of amides is 1. The molecule has 2 atom stereocenters. The number of carbonyl (C=O) groups excluding carboxylic acids is 1. The van der Waals surface area contributed by atoms with Gasteiger partial charge in [0.15, 0.2) is 0 Å². The molecule has 1 aliphatic heterocycles. The Morgan fingerprint density at radius 3 is 2.61 bits per heavy atom. The average Bonchev–Trinajstić information content (AvgIpc) is 3.13. The summed E-state index contributed by atoms with van der Waals surface area (Å²) in [5.41, 5.74) is 9.65. The number of likely N-dealkylation sites (N-methyl/N-ethyl adjacent to an activating group) is 1. The van der Waals surface area contributed by atoms with Crippen molar-refractivity contribution in [1.82, 2.24) is 4.90 Å². The van der Waals surface area contributed by atoms with Gasteiger partial charge in [-0.15, -0.1) is 0 Å². The zero-order chi connectivity index (χ0) is 19.4. The number of likely N-dealkylation sites (tertiary alicyclic amines) is 1. The molecule has 0 spiro atoms. The van der Waals surface area contributed by atoms with E-state index in [0.717, 1.165) is 31.7 Å². The summed E-state index contributed by atoms with van der Waals surface area (Å²) in [6.07, 6.45) is 1.34. The number of hydrogen-bond donors (Lipinski definition) is 0. The molecule has 0 bridgehead atoms. The molecule has 2 aromatic rings. The second-order valence-electron chi connectivity index (χ2n) is 6.94. The second kappa shape index (κ2) is 10.9. The van der Waals surface area contributed by atoms with E-state index in [1.54, 1.807) is 19.2 Å². The third kappa shape index (κ3) is 5.67. The van der Waals surface area contributed by atoms with Crippen LogP contribution in [-0.4, -0.2) is 50.7 Å². The van der Waals surface area contributed by atoms with E-state index in [1.165, 1.54) is 5.56 Å². The van der Waals surface area contributed by atoms with E-state index in [9.17, 15) is 4.79 Å². The number of benzene rings is 2. The largest absolute Gasteiger partial charge is 0.664 e. The molecular weight excluding hydrogens is 503 g/mol. The smallest absolute Gasteiger partial charge is 0.0811 e. The monoisotopic (exact) mass is 527 g/mol. The summed E-state index contributed by atoms with van der Waals surface area (Å²) in [5, 5.41) is 0.312. The van der Waals surface area contributed by atoms with Crippen LogP contribution in [0.5, 0.6) is 0 Å². The molecule has 1 heterocycles. The first-order chi connectivity index (χ1) is 13.0. The Kier molecular flexibility index (Phi) is 9.16. The van der Waals surface area contributed by atoms with E-state index < -0.39 is 5.91 Å². The van der Waals surface area contributed by atoms with Gasteiger partial charge in [0.25, 0.3) is 0 Å². The molecule has 0 aromatic heterocycles. The number of nitrogens with one attached hydrogen (secondary N) is 1. The molecule has 147 valence electrons. The molecule has 0 saturated carbocycles. The van der Waals surface area contributed by atoms with Crippen molar-refractivity contribution in [1.29, 1.82) is 0 Å². The van der Waals surface area contributed by atoms with E-state index in [1.807, 2.05) is 31.3 Å². The van der Waals surface area contributed by atoms with Crippen LogP contribution in [0.1, 0.15) is 28.4 Å². The van der Waals surface area contributed by atoms with Crippen LogP contribution in [0.25, 0.3) is 5.73 Å². The number of methoxy groups -OCH3 is 1. The van der Waals surface area contributed by atoms with Gasteiger partial charge in [-0.3, -0.25) is 4.90 Å². The van der Waals surface area contributed by atoms with Gasteiger partial charge < -0.3 is 20.2 Å². The molecule has 0 aliphatic carbocycles. The number of nitrogens with zero attached hydrogens (tertiary/aromatic N) is 2. The third-order valence-electron chi connectivity index (χ3n) is 5.25. The van der Waals surface area contributed by atoms with Crippen LogP contribution in [0, 0.1) is 41.3 Å². The molecular formula is C21H25ClN3O2Pr-. The Morgan fingerprint density at radius 1 is 1.32 bits per heavy atom. The average molecular weight is 528 g/mol. The quantitative estimate of drug-likeness (QED) is 0.535. The van der Waals surface area contributed by atoms with Gasteiger partial charge in [0.2, 0.25) is 0 Å². The van der Waals surface area contributed by atoms with E-state index in [0.29, 0.717) is 11.1 Å². The predicted octanol–water partition coefficient (Wildman–Crippen LogP) is 4.43. The maximum absolute atomic E-state index is 11.3. The second-order valence-corrected chi connectivity index (χ2v) is 7.34. The van der Waals surface area contributed by atoms with Gasteiger partial charge >= 0.3 is 0 Å². The molecule has 7 heteroatoms. The summed E-state index contributed by atoms with van der Waals surface area (Å²) in [6.45, 7) is 2.82. The maximum atomic E-state index is 11.3. The number of ether oxygens (including phenoxy) is 1. The van der Waals surface area contributed by atoms with Crippen LogP contribution in [0.4, 0.5) is 5.69 Å². The number of hydrogen-bond acceptors (Lipinski definition) is 4. The van der Waals surface area contributed by atoms with E-state index >= 15 is 0 Å². The fraction of sp³-hybridized carbons (Fsp3) is 0.381. The molecule has 28 heavy (non-hydrogen) atoms. The third-order valence-corrected chi connectivity index (χ3v) is 5.56. The van der Waals surface area contributed by atoms with Gasteiger partial charge in [0.05, 0.1) is 23.1 Å². The Morgan fingerprint density at radius 2 is 2.04 bits per heavy atom. The van der Waals surface area contributed by atoms with Crippen LogP contribution in [0.15, 0.2) is 48.5 Å². The standard InChI is InChI=1S/C21H26ClN3O2.Pr/c1-24(16-8-9-18(21(23)26)19(22)12-16)20(15-6-4-3-5-7-15)14-25-11-10-17(13-25)27-2;/h3-9,12,17,20H,10-11,13-14H2,1-2H3,(H2,23,26);/p-1/t17-,20+;/m0./s1. The van der Waals surface area contributed by atoms with Crippen molar-refractivity contribution in [2.45, 2.75) is 18.6 Å². The van der Waals surface area contributed by atoms with Crippen molar-refractivity contribution in [3.05, 3.63) is 70.4 Å². The minimum Gasteiger partial charge on any atom is -0.664 e. The van der Waals surface area contributed by atoms with Gasteiger partial charge in [-0.2, -0.15) is 0 Å². The van der Waals surface area contributed by atoms with Crippen molar-refractivity contribution < 1.29 is 50.8 Å². The minimum atomic E-state index is -0.767. The molecule has 1 amide bonds. The van der Waals surface area contributed by atoms with Crippen LogP contribution in [0.3, 0.4) is 0 Å². The summed E-state index contributed by atoms with van der Waals surface area (Å²) in [7, 11) is 3.81. The molecule has 5 nitrogen and oxygen atoms in total. The molecule has 0 unspecified atom stereocenters. The van der Waals surface area contributed by atoms with Crippen LogP contribution < -0.4 is 4.90 Å². The summed E-state index contributed by atoms with van der Waals surface area (Å²) >= 11 is 6.23. The van der Waals surface area contributed by atoms with Crippen LogP contribution >= 0.6 is 11.6 Å². The number of rotatable bonds is 7. The van der Waals surface area contributed by atoms with E-state index in [-0.39, 0.29) is 52.9 Å². The van der Waals surface area contributed by atoms with Crippen molar-refractivity contribution in [2.75, 3.05) is 38.7 Å². The van der Waals surface area contributed by atoms with Crippen molar-refractivity contribution in [3.63, 3.8) is 0 Å². The SMILES string of the molecule is CO[C@H]1CCN(C[C@H](c2ccccc2)N(C)c2ccc(C([NH-])=O)c(Cl)c2)C1.[Pr]. The summed E-state index contributed by atoms with van der Waals surface area (Å²) in [6, 6.07) is 15.8. The number of halogens is 1. The Hall–Kier alpha value is -0.716. The van der Waals surface area contributed by atoms with Gasteiger partial charge in [-0.1, -0.05) is 41.9 Å². The van der Waals surface area contributed by atoms with E-state index in [2.05, 4.69) is 21.9 Å². The first-order valence-electron chi connectivity index (χ1n) is 9.08. The van der Waals surface area contributed by atoms with Gasteiger partial charge in [-0.05, 0) is 30.2 Å². The topological polar surface area (TPSA) is 56.6 Å². The van der Waals surface area contributed by atoms with Crippen molar-refractivity contribution >= 4 is 23.2 Å². The minimum absolute atomic E-state index is 0. The van der Waals surface area contributed by atoms with Crippen molar-refractivity contribution in [2.24, 2.45) is 0 Å². The zero-order valence-electron chi connectivity index (χ0n) is 16.3. The molecule has 1 saturated heterocycles. The zero-order valence-corrected chi connectivity index (χ0v) is 20.7. The van der Waals surface area contributed by atoms with Gasteiger partial charge in [0.1, 0.15) is 0 Å². The molecule has 2 aromatic carbocycles. The Labute approximate surface area is 205 Å². The molecule has 1 fully saturated rings. The fourth-order valence-electron chi connectivity index (χ4n) is 3.61. The molecule has 1 radical (unpaired) electrons. The first kappa shape index (κ1) is 23.6. The maximum Gasteiger partial charge on any atom is 0.0811 e. The van der Waals surface area contributed by atoms with Gasteiger partial charge in [-0.25, -0.2) is 0 Å². The normalized spacial score (nSPS) is 17.8. The first-order valence-corrected chi connectivity index (χ1v) is 9.45. The predicted molar refractivity (Wildman–Crippen MR) is 110 cm³/mol. The number of carbonyl (C=O) groups is 1. The molecule has 3 rings (SSSR count). The Balaban J connectivity index is 0.00000280. The van der Waals surface area contributed by atoms with E-state index in [4.69, 9.17) is 22.1 Å². The fourth-order valence-corrected chi connectivity index (χ4v) is 3.87. The molecule has 1 N–H and O–H groups in total. The van der Waals surface area contributed by atoms with Crippen LogP contribution in [0.2, 0.25) is 5.02 Å². The van der Waals surface area contributed by atoms with Gasteiger partial charge in [0, 0.05) is 86.3 Å². The number of anilines is 1. The van der Waals surface area contributed by atoms with Crippen LogP contribution in [-0.2, 0) is 4.74 Å². The Bertz CT molecular complexity index is 790. The summed E-state index contributed by atoms with van der Waals surface area (Å²) < 4.78 is 5.50. The summed E-state index contributed by atoms with van der Waals surface area (Å²) in [4.78, 5) is 15.9. The van der Waals surface area contributed by atoms with Crippen molar-refractivity contribution in [3.8, 4) is 0 Å². The summed E-state index contributed by atoms with van der Waals surface area (Å²) in [5.74, 6) is -0.767.